The van der Waals surface area contributed by atoms with E-state index in [9.17, 15) is 14.0 Å². The van der Waals surface area contributed by atoms with E-state index >= 15 is 0 Å². The molecule has 2 aromatic carbocycles. The van der Waals surface area contributed by atoms with Gasteiger partial charge in [0.1, 0.15) is 10.8 Å². The minimum absolute atomic E-state index is 0.0244. The van der Waals surface area contributed by atoms with Gasteiger partial charge in [0.2, 0.25) is 0 Å². The lowest BCUT2D eigenvalue weighted by molar-refractivity contribution is -0.136. The van der Waals surface area contributed by atoms with Crippen molar-refractivity contribution >= 4 is 28.8 Å². The van der Waals surface area contributed by atoms with Gasteiger partial charge in [-0.15, -0.1) is 11.3 Å². The molecule has 0 aliphatic carbocycles. The lowest BCUT2D eigenvalue weighted by Gasteiger charge is -2.07. The highest BCUT2D eigenvalue weighted by atomic mass is 32.1. The topological polar surface area (TPSA) is 71.1 Å². The molecule has 0 unspecified atom stereocenters. The zero-order chi connectivity index (χ0) is 20.1. The van der Waals surface area contributed by atoms with Crippen LogP contribution in [0.5, 0.6) is 0 Å². The predicted octanol–water partition coefficient (Wildman–Crippen LogP) is 3.86. The van der Waals surface area contributed by atoms with E-state index in [1.54, 1.807) is 17.4 Å². The Balaban J connectivity index is 1.54. The zero-order valence-corrected chi connectivity index (χ0v) is 16.4. The van der Waals surface area contributed by atoms with Gasteiger partial charge in [0.05, 0.1) is 11.4 Å². The van der Waals surface area contributed by atoms with Crippen molar-refractivity contribution in [3.05, 3.63) is 70.5 Å². The lowest BCUT2D eigenvalue weighted by atomic mass is 10.2. The minimum Gasteiger partial charge on any atom is -0.347 e. The number of aromatic nitrogens is 1. The first kappa shape index (κ1) is 19.7. The Morgan fingerprint density at radius 3 is 2.46 bits per heavy atom. The highest BCUT2D eigenvalue weighted by molar-refractivity contribution is 7.15. The highest BCUT2D eigenvalue weighted by Gasteiger charge is 2.16. The van der Waals surface area contributed by atoms with Gasteiger partial charge in [-0.3, -0.25) is 9.59 Å². The molecule has 3 rings (SSSR count). The molecule has 144 valence electrons. The average Bonchev–Trinajstić information content (AvgIpc) is 3.04. The van der Waals surface area contributed by atoms with Crippen LogP contribution in [0.15, 0.2) is 48.5 Å². The number of carbonyl (C=O) groups is 2. The molecule has 3 aromatic rings. The van der Waals surface area contributed by atoms with E-state index in [0.29, 0.717) is 13.0 Å². The number of nitrogens with zero attached hydrogens (tertiary/aromatic N) is 1. The van der Waals surface area contributed by atoms with Crippen LogP contribution in [0.25, 0.3) is 10.6 Å². The fourth-order valence-corrected chi connectivity index (χ4v) is 3.66. The molecular formula is C21H20FN3O2S. The summed E-state index contributed by atoms with van der Waals surface area (Å²) in [5, 5.41) is 5.75. The van der Waals surface area contributed by atoms with E-state index in [-0.39, 0.29) is 5.69 Å². The van der Waals surface area contributed by atoms with Crippen molar-refractivity contribution < 1.29 is 14.0 Å². The van der Waals surface area contributed by atoms with Crippen LogP contribution in [0.1, 0.15) is 16.1 Å². The Bertz CT molecular complexity index is 999. The van der Waals surface area contributed by atoms with Gasteiger partial charge in [-0.1, -0.05) is 42.0 Å². The third-order valence-corrected chi connectivity index (χ3v) is 5.42. The number of amides is 2. The van der Waals surface area contributed by atoms with Crippen molar-refractivity contribution in [3.8, 4) is 10.6 Å². The van der Waals surface area contributed by atoms with E-state index < -0.39 is 17.6 Å². The smallest absolute Gasteiger partial charge is 0.313 e. The molecule has 0 saturated heterocycles. The standard InChI is InChI=1S/C21H20FN3O2S/c1-13-7-9-15(10-8-13)21-24-14(2)18(28-21)11-12-23-19(26)20(27)25-17-6-4-3-5-16(17)22/h3-10H,11-12H2,1-2H3,(H,23,26)(H,25,27). The van der Waals surface area contributed by atoms with Crippen LogP contribution < -0.4 is 10.6 Å². The number of nitrogens with one attached hydrogen (secondary N) is 2. The number of hydrogen-bond donors (Lipinski definition) is 2. The van der Waals surface area contributed by atoms with Gasteiger partial charge in [0, 0.05) is 23.4 Å². The van der Waals surface area contributed by atoms with Crippen LogP contribution in [-0.4, -0.2) is 23.3 Å². The summed E-state index contributed by atoms with van der Waals surface area (Å²) in [4.78, 5) is 29.5. The number of benzene rings is 2. The van der Waals surface area contributed by atoms with Gasteiger partial charge in [-0.25, -0.2) is 9.37 Å². The van der Waals surface area contributed by atoms with Crippen LogP contribution in [0.4, 0.5) is 10.1 Å². The molecule has 0 atom stereocenters. The first-order valence-corrected chi connectivity index (χ1v) is 9.63. The van der Waals surface area contributed by atoms with E-state index in [4.69, 9.17) is 0 Å². The van der Waals surface area contributed by atoms with E-state index in [2.05, 4.69) is 15.6 Å². The van der Waals surface area contributed by atoms with Gasteiger partial charge in [0.25, 0.3) is 0 Å². The summed E-state index contributed by atoms with van der Waals surface area (Å²) in [6.07, 6.45) is 0.564. The van der Waals surface area contributed by atoms with Gasteiger partial charge >= 0.3 is 11.8 Å². The Labute approximate surface area is 166 Å². The summed E-state index contributed by atoms with van der Waals surface area (Å²) in [7, 11) is 0. The van der Waals surface area contributed by atoms with E-state index in [0.717, 1.165) is 21.1 Å². The molecule has 0 spiro atoms. The Morgan fingerprint density at radius 2 is 1.75 bits per heavy atom. The van der Waals surface area contributed by atoms with Crippen LogP contribution in [-0.2, 0) is 16.0 Å². The van der Waals surface area contributed by atoms with Crippen molar-refractivity contribution in [1.82, 2.24) is 10.3 Å². The molecule has 7 heteroatoms. The number of para-hydroxylation sites is 1. The molecule has 0 saturated carbocycles. The Kier molecular flexibility index (Phi) is 6.16. The van der Waals surface area contributed by atoms with Crippen molar-refractivity contribution in [3.63, 3.8) is 0 Å². The van der Waals surface area contributed by atoms with Gasteiger partial charge in [-0.05, 0) is 26.0 Å². The third kappa shape index (κ3) is 4.80. The van der Waals surface area contributed by atoms with Crippen LogP contribution in [0, 0.1) is 19.7 Å². The summed E-state index contributed by atoms with van der Waals surface area (Å²) >= 11 is 1.57. The molecule has 2 N–H and O–H groups in total. The molecule has 5 nitrogen and oxygen atoms in total. The van der Waals surface area contributed by atoms with Gasteiger partial charge < -0.3 is 10.6 Å². The normalized spacial score (nSPS) is 10.5. The molecule has 0 aliphatic heterocycles. The average molecular weight is 397 g/mol. The Morgan fingerprint density at radius 1 is 1.04 bits per heavy atom. The van der Waals surface area contributed by atoms with Gasteiger partial charge in [0.15, 0.2) is 0 Å². The third-order valence-electron chi connectivity index (χ3n) is 4.16. The quantitative estimate of drug-likeness (QED) is 0.642. The molecule has 0 radical (unpaired) electrons. The summed E-state index contributed by atoms with van der Waals surface area (Å²) in [6.45, 7) is 4.25. The Hall–Kier alpha value is -3.06. The second-order valence-electron chi connectivity index (χ2n) is 6.33. The summed E-state index contributed by atoms with van der Waals surface area (Å²) < 4.78 is 13.5. The fourth-order valence-electron chi connectivity index (χ4n) is 2.59. The molecule has 0 bridgehead atoms. The van der Waals surface area contributed by atoms with Crippen LogP contribution in [0.2, 0.25) is 0 Å². The number of aryl methyl sites for hydroxylation is 2. The fraction of sp³-hybridized carbons (Fsp3) is 0.190. The molecule has 28 heavy (non-hydrogen) atoms. The zero-order valence-electron chi connectivity index (χ0n) is 15.6. The van der Waals surface area contributed by atoms with Gasteiger partial charge in [-0.2, -0.15) is 0 Å². The molecule has 1 heterocycles. The van der Waals surface area contributed by atoms with Crippen molar-refractivity contribution in [1.29, 1.82) is 0 Å². The van der Waals surface area contributed by atoms with Crippen LogP contribution in [0.3, 0.4) is 0 Å². The second kappa shape index (κ2) is 8.75. The molecule has 2 amide bonds. The highest BCUT2D eigenvalue weighted by Crippen LogP contribution is 2.28. The molecule has 0 aliphatic rings. The molecule has 0 fully saturated rings. The first-order chi connectivity index (χ1) is 13.4. The summed E-state index contributed by atoms with van der Waals surface area (Å²) in [5.41, 5.74) is 3.13. The minimum atomic E-state index is -0.897. The number of anilines is 1. The van der Waals surface area contributed by atoms with Crippen LogP contribution >= 0.6 is 11.3 Å². The number of halogens is 1. The summed E-state index contributed by atoms with van der Waals surface area (Å²) in [6, 6.07) is 13.8. The monoisotopic (exact) mass is 397 g/mol. The largest absolute Gasteiger partial charge is 0.347 e. The number of carbonyl (C=O) groups excluding carboxylic acids is 2. The first-order valence-electron chi connectivity index (χ1n) is 8.81. The molecule has 1 aromatic heterocycles. The van der Waals surface area contributed by atoms with E-state index in [1.807, 2.05) is 38.1 Å². The molecular weight excluding hydrogens is 377 g/mol. The second-order valence-corrected chi connectivity index (χ2v) is 7.42. The van der Waals surface area contributed by atoms with Crippen molar-refractivity contribution in [2.24, 2.45) is 0 Å². The maximum Gasteiger partial charge on any atom is 0.313 e. The maximum atomic E-state index is 13.5. The number of hydrogen-bond acceptors (Lipinski definition) is 4. The van der Waals surface area contributed by atoms with Crippen molar-refractivity contribution in [2.75, 3.05) is 11.9 Å². The predicted molar refractivity (Wildman–Crippen MR) is 109 cm³/mol. The van der Waals surface area contributed by atoms with E-state index in [1.165, 1.54) is 23.8 Å². The number of thiazole rings is 1. The number of rotatable bonds is 5. The lowest BCUT2D eigenvalue weighted by Crippen LogP contribution is -2.36. The maximum absolute atomic E-state index is 13.5. The van der Waals surface area contributed by atoms with Crippen molar-refractivity contribution in [2.45, 2.75) is 20.3 Å². The SMILES string of the molecule is Cc1ccc(-c2nc(C)c(CCNC(=O)C(=O)Nc3ccccc3F)s2)cc1. The summed E-state index contributed by atoms with van der Waals surface area (Å²) in [5.74, 6) is -2.29.